The smallest absolute Gasteiger partial charge is 0.332 e. The molecule has 0 atom stereocenters. The Labute approximate surface area is 142 Å². The molecule has 0 fully saturated rings. The summed E-state index contributed by atoms with van der Waals surface area (Å²) in [4.78, 5) is 0. The van der Waals surface area contributed by atoms with Gasteiger partial charge in [0, 0.05) is 11.4 Å². The van der Waals surface area contributed by atoms with Crippen molar-refractivity contribution in [2.45, 2.75) is 20.0 Å². The van der Waals surface area contributed by atoms with Crippen LogP contribution in [0.3, 0.4) is 0 Å². The van der Waals surface area contributed by atoms with Gasteiger partial charge in [-0.15, -0.1) is 0 Å². The van der Waals surface area contributed by atoms with E-state index in [0.29, 0.717) is 0 Å². The summed E-state index contributed by atoms with van der Waals surface area (Å²) in [6.07, 6.45) is -4.52. The van der Waals surface area contributed by atoms with Gasteiger partial charge in [-0.1, -0.05) is 17.7 Å². The SMILES string of the molecule is Cc1ccc(NC(=S)Nc2ccc(Cl)c(C(F)(F)F)c2)cc1C. The van der Waals surface area contributed by atoms with E-state index in [1.807, 2.05) is 32.0 Å². The third kappa shape index (κ3) is 4.59. The highest BCUT2D eigenvalue weighted by Gasteiger charge is 2.33. The number of hydrogen-bond donors (Lipinski definition) is 2. The minimum Gasteiger partial charge on any atom is -0.332 e. The van der Waals surface area contributed by atoms with Gasteiger partial charge in [0.25, 0.3) is 0 Å². The van der Waals surface area contributed by atoms with E-state index in [1.54, 1.807) is 0 Å². The minimum absolute atomic E-state index is 0.198. The highest BCUT2D eigenvalue weighted by Crippen LogP contribution is 2.36. The average Bonchev–Trinajstić information content (AvgIpc) is 2.44. The average molecular weight is 359 g/mol. The molecular formula is C16H14ClF3N2S. The first-order valence-electron chi connectivity index (χ1n) is 6.69. The molecule has 0 bridgehead atoms. The second kappa shape index (κ2) is 6.76. The molecule has 0 saturated heterocycles. The molecule has 2 N–H and O–H groups in total. The van der Waals surface area contributed by atoms with Crippen LogP contribution >= 0.6 is 23.8 Å². The molecule has 0 spiro atoms. The third-order valence-corrected chi connectivity index (χ3v) is 3.83. The lowest BCUT2D eigenvalue weighted by molar-refractivity contribution is -0.137. The summed E-state index contributed by atoms with van der Waals surface area (Å²) in [5.41, 5.74) is 2.29. The molecule has 2 rings (SSSR count). The molecule has 23 heavy (non-hydrogen) atoms. The van der Waals surface area contributed by atoms with Gasteiger partial charge in [-0.3, -0.25) is 0 Å². The molecule has 0 heterocycles. The Hall–Kier alpha value is -1.79. The van der Waals surface area contributed by atoms with Crippen molar-refractivity contribution < 1.29 is 13.2 Å². The molecule has 2 nitrogen and oxygen atoms in total. The Balaban J connectivity index is 2.12. The van der Waals surface area contributed by atoms with Crippen molar-refractivity contribution in [3.05, 3.63) is 58.1 Å². The largest absolute Gasteiger partial charge is 0.417 e. The zero-order chi connectivity index (χ0) is 17.2. The van der Waals surface area contributed by atoms with Crippen LogP contribution in [-0.4, -0.2) is 5.11 Å². The van der Waals surface area contributed by atoms with Gasteiger partial charge in [0.1, 0.15) is 0 Å². The molecule has 0 radical (unpaired) electrons. The van der Waals surface area contributed by atoms with Crippen LogP contribution in [0.4, 0.5) is 24.5 Å². The number of rotatable bonds is 2. The maximum Gasteiger partial charge on any atom is 0.417 e. The molecule has 2 aromatic rings. The summed E-state index contributed by atoms with van der Waals surface area (Å²) in [6.45, 7) is 3.95. The summed E-state index contributed by atoms with van der Waals surface area (Å²) < 4.78 is 38.5. The van der Waals surface area contributed by atoms with Crippen molar-refractivity contribution in [1.82, 2.24) is 0 Å². The zero-order valence-corrected chi connectivity index (χ0v) is 14.0. The molecular weight excluding hydrogens is 345 g/mol. The van der Waals surface area contributed by atoms with Gasteiger partial charge in [0.15, 0.2) is 5.11 Å². The van der Waals surface area contributed by atoms with E-state index in [9.17, 15) is 13.2 Å². The Morgan fingerprint density at radius 2 is 1.52 bits per heavy atom. The molecule has 0 amide bonds. The lowest BCUT2D eigenvalue weighted by atomic mass is 10.1. The van der Waals surface area contributed by atoms with E-state index >= 15 is 0 Å². The fourth-order valence-electron chi connectivity index (χ4n) is 1.93. The number of thiocarbonyl (C=S) groups is 1. The van der Waals surface area contributed by atoms with Gasteiger partial charge in [-0.2, -0.15) is 13.2 Å². The first kappa shape index (κ1) is 17.6. The number of hydrogen-bond acceptors (Lipinski definition) is 1. The second-order valence-corrected chi connectivity index (χ2v) is 5.89. The van der Waals surface area contributed by atoms with Gasteiger partial charge < -0.3 is 10.6 Å². The maximum atomic E-state index is 12.8. The lowest BCUT2D eigenvalue weighted by Crippen LogP contribution is -2.19. The second-order valence-electron chi connectivity index (χ2n) is 5.07. The Morgan fingerprint density at radius 3 is 2.09 bits per heavy atom. The van der Waals surface area contributed by atoms with Crippen molar-refractivity contribution in [3.8, 4) is 0 Å². The number of nitrogens with one attached hydrogen (secondary N) is 2. The van der Waals surface area contributed by atoms with Gasteiger partial charge >= 0.3 is 6.18 Å². The molecule has 2 aromatic carbocycles. The number of aryl methyl sites for hydroxylation is 2. The number of alkyl halides is 3. The van der Waals surface area contributed by atoms with Crippen molar-refractivity contribution in [2.24, 2.45) is 0 Å². The fourth-order valence-corrected chi connectivity index (χ4v) is 2.39. The van der Waals surface area contributed by atoms with Crippen molar-refractivity contribution in [1.29, 1.82) is 0 Å². The van der Waals surface area contributed by atoms with Gasteiger partial charge in [0.2, 0.25) is 0 Å². The first-order chi connectivity index (χ1) is 10.7. The molecule has 0 saturated carbocycles. The number of halogens is 4. The Kier molecular flexibility index (Phi) is 5.16. The lowest BCUT2D eigenvalue weighted by Gasteiger charge is -2.14. The molecule has 0 aliphatic carbocycles. The highest BCUT2D eigenvalue weighted by atomic mass is 35.5. The van der Waals surface area contributed by atoms with Crippen LogP contribution < -0.4 is 10.6 Å². The van der Waals surface area contributed by atoms with E-state index in [2.05, 4.69) is 10.6 Å². The van der Waals surface area contributed by atoms with Crippen molar-refractivity contribution in [3.63, 3.8) is 0 Å². The zero-order valence-electron chi connectivity index (χ0n) is 12.4. The summed E-state index contributed by atoms with van der Waals surface area (Å²) in [7, 11) is 0. The summed E-state index contributed by atoms with van der Waals surface area (Å²) in [5.74, 6) is 0. The maximum absolute atomic E-state index is 12.8. The predicted octanol–water partition coefficient (Wildman–Crippen LogP) is 5.78. The van der Waals surface area contributed by atoms with E-state index in [4.69, 9.17) is 23.8 Å². The van der Waals surface area contributed by atoms with Crippen LogP contribution in [0.5, 0.6) is 0 Å². The van der Waals surface area contributed by atoms with E-state index in [1.165, 1.54) is 12.1 Å². The van der Waals surface area contributed by atoms with E-state index in [0.717, 1.165) is 22.9 Å². The fraction of sp³-hybridized carbons (Fsp3) is 0.188. The monoisotopic (exact) mass is 358 g/mol. The van der Waals surface area contributed by atoms with Crippen LogP contribution in [0.2, 0.25) is 5.02 Å². The Morgan fingerprint density at radius 1 is 0.957 bits per heavy atom. The predicted molar refractivity (Wildman–Crippen MR) is 92.2 cm³/mol. The highest BCUT2D eigenvalue weighted by molar-refractivity contribution is 7.80. The van der Waals surface area contributed by atoms with Crippen LogP contribution in [0, 0.1) is 13.8 Å². The van der Waals surface area contributed by atoms with E-state index < -0.39 is 11.7 Å². The standard InChI is InChI=1S/C16H14ClF3N2S/c1-9-3-4-11(7-10(9)2)21-15(23)22-12-5-6-14(17)13(8-12)16(18,19)20/h3-8H,1-2H3,(H2,21,22,23). The molecule has 7 heteroatoms. The van der Waals surface area contributed by atoms with Crippen LogP contribution in [0.15, 0.2) is 36.4 Å². The third-order valence-electron chi connectivity index (χ3n) is 3.29. The molecule has 0 aliphatic rings. The van der Waals surface area contributed by atoms with Crippen LogP contribution in [0.25, 0.3) is 0 Å². The normalized spacial score (nSPS) is 11.2. The van der Waals surface area contributed by atoms with Crippen LogP contribution in [-0.2, 0) is 6.18 Å². The molecule has 122 valence electrons. The summed E-state index contributed by atoms with van der Waals surface area (Å²) in [6, 6.07) is 9.24. The van der Waals surface area contributed by atoms with Crippen LogP contribution in [0.1, 0.15) is 16.7 Å². The minimum atomic E-state index is -4.52. The summed E-state index contributed by atoms with van der Waals surface area (Å²) >= 11 is 10.7. The van der Waals surface area contributed by atoms with Gasteiger partial charge in [0.05, 0.1) is 10.6 Å². The molecule has 0 aromatic heterocycles. The number of anilines is 2. The number of benzene rings is 2. The van der Waals surface area contributed by atoms with Crippen molar-refractivity contribution >= 4 is 40.3 Å². The first-order valence-corrected chi connectivity index (χ1v) is 7.47. The topological polar surface area (TPSA) is 24.1 Å². The summed E-state index contributed by atoms with van der Waals surface area (Å²) in [5, 5.41) is 5.51. The van der Waals surface area contributed by atoms with E-state index in [-0.39, 0.29) is 15.8 Å². The molecule has 0 unspecified atom stereocenters. The van der Waals surface area contributed by atoms with Gasteiger partial charge in [-0.25, -0.2) is 0 Å². The van der Waals surface area contributed by atoms with Crippen molar-refractivity contribution in [2.75, 3.05) is 10.6 Å². The van der Waals surface area contributed by atoms with Gasteiger partial charge in [-0.05, 0) is 67.5 Å². The Bertz CT molecular complexity index is 745. The quantitative estimate of drug-likeness (QED) is 0.665. The molecule has 0 aliphatic heterocycles.